The van der Waals surface area contributed by atoms with Gasteiger partial charge >= 0.3 is 6.18 Å². The van der Waals surface area contributed by atoms with Gasteiger partial charge in [-0.1, -0.05) is 5.16 Å². The van der Waals surface area contributed by atoms with E-state index in [9.17, 15) is 31.5 Å². The van der Waals surface area contributed by atoms with Crippen molar-refractivity contribution in [2.24, 2.45) is 5.92 Å². The fourth-order valence-electron chi connectivity index (χ4n) is 6.76. The molecule has 3 atom stereocenters. The molecule has 2 N–H and O–H groups in total. The molecule has 2 amide bonds. The van der Waals surface area contributed by atoms with Gasteiger partial charge in [0.25, 0.3) is 5.91 Å². The molecule has 5 heterocycles. The zero-order valence-electron chi connectivity index (χ0n) is 24.6. The number of aromatic nitrogens is 7. The molecule has 0 spiro atoms. The zero-order chi connectivity index (χ0) is 32.4. The molecule has 0 unspecified atom stereocenters. The fraction of sp³-hybridized carbons (Fsp3) is 0.552. The van der Waals surface area contributed by atoms with Crippen molar-refractivity contribution in [3.63, 3.8) is 0 Å². The summed E-state index contributed by atoms with van der Waals surface area (Å²) in [5.74, 6) is -4.51. The van der Waals surface area contributed by atoms with Gasteiger partial charge in [0.2, 0.25) is 11.8 Å². The van der Waals surface area contributed by atoms with Crippen molar-refractivity contribution in [2.45, 2.75) is 93.9 Å². The maximum absolute atomic E-state index is 14.0. The molecule has 244 valence electrons. The molecule has 1 saturated heterocycles. The highest BCUT2D eigenvalue weighted by atomic mass is 19.4. The Labute approximate surface area is 258 Å². The number of fused-ring (bicyclic) bond motifs is 1. The van der Waals surface area contributed by atoms with Crippen molar-refractivity contribution in [1.82, 2.24) is 45.3 Å². The molecule has 3 fully saturated rings. The van der Waals surface area contributed by atoms with Gasteiger partial charge < -0.3 is 10.6 Å². The first kappa shape index (κ1) is 30.2. The number of nitrogens with one attached hydrogen (secondary N) is 2. The van der Waals surface area contributed by atoms with E-state index < -0.39 is 47.8 Å². The molecule has 0 bridgehead atoms. The fourth-order valence-corrected chi connectivity index (χ4v) is 6.76. The summed E-state index contributed by atoms with van der Waals surface area (Å²) in [5.41, 5.74) is 0.211. The number of nitrogens with zero attached hydrogens (tertiary/aromatic N) is 7. The van der Waals surface area contributed by atoms with Crippen LogP contribution in [-0.2, 0) is 16.6 Å². The Morgan fingerprint density at radius 3 is 2.59 bits per heavy atom. The topological polar surface area (TPSA) is 145 Å². The van der Waals surface area contributed by atoms with E-state index >= 15 is 0 Å². The number of imidazole rings is 1. The first-order chi connectivity index (χ1) is 21.8. The van der Waals surface area contributed by atoms with Crippen LogP contribution in [0, 0.1) is 12.8 Å². The summed E-state index contributed by atoms with van der Waals surface area (Å²) in [7, 11) is 0. The standard InChI is InChI=1S/C29H30F5N9O3/c1-15-23(41-46-40-15)25(44)39-24(17-4-7-28(30,31)8-5-17)19-14-42-22(37-19)10-16(13-36-42)11-27(12-20(29(32,33)34)38-26(27)45)21-6-9-35-43(21)18-2-3-18/h6,9-10,13-14,17-18,20,24H,2-5,7-8,11-12H2,1H3,(H,38,45)(H,39,44)/t20-,24-,27-/m0/s1. The van der Waals surface area contributed by atoms with E-state index in [-0.39, 0.29) is 55.5 Å². The summed E-state index contributed by atoms with van der Waals surface area (Å²) in [6.07, 6.45) is 0.529. The van der Waals surface area contributed by atoms with E-state index in [1.54, 1.807) is 29.9 Å². The van der Waals surface area contributed by atoms with E-state index in [0.717, 1.165) is 12.8 Å². The predicted octanol–water partition coefficient (Wildman–Crippen LogP) is 4.18. The lowest BCUT2D eigenvalue weighted by molar-refractivity contribution is -0.155. The molecule has 2 aliphatic carbocycles. The summed E-state index contributed by atoms with van der Waals surface area (Å²) in [6, 6.07) is 0.455. The summed E-state index contributed by atoms with van der Waals surface area (Å²) < 4.78 is 77.4. The Hall–Kier alpha value is -4.44. The molecule has 7 rings (SSSR count). The molecule has 12 nitrogen and oxygen atoms in total. The van der Waals surface area contributed by atoms with Crippen molar-refractivity contribution in [3.8, 4) is 0 Å². The third-order valence-corrected chi connectivity index (χ3v) is 9.35. The van der Waals surface area contributed by atoms with Crippen LogP contribution in [0.2, 0.25) is 0 Å². The van der Waals surface area contributed by atoms with Crippen LogP contribution in [0.5, 0.6) is 0 Å². The smallest absolute Gasteiger partial charge is 0.344 e. The number of rotatable bonds is 8. The van der Waals surface area contributed by atoms with Gasteiger partial charge in [-0.05, 0) is 74.2 Å². The Kier molecular flexibility index (Phi) is 7.12. The van der Waals surface area contributed by atoms with Crippen molar-refractivity contribution < 1.29 is 36.2 Å². The van der Waals surface area contributed by atoms with Crippen LogP contribution in [0.4, 0.5) is 22.0 Å². The van der Waals surface area contributed by atoms with Gasteiger partial charge in [0.15, 0.2) is 11.3 Å². The lowest BCUT2D eigenvalue weighted by atomic mass is 9.76. The third-order valence-electron chi connectivity index (χ3n) is 9.35. The minimum atomic E-state index is -4.63. The van der Waals surface area contributed by atoms with Crippen LogP contribution in [0.25, 0.3) is 5.65 Å². The summed E-state index contributed by atoms with van der Waals surface area (Å²) in [4.78, 5) is 31.2. The molecule has 17 heteroatoms. The van der Waals surface area contributed by atoms with E-state index in [1.165, 1.54) is 16.9 Å². The quantitative estimate of drug-likeness (QED) is 0.271. The van der Waals surface area contributed by atoms with E-state index in [4.69, 9.17) is 0 Å². The number of carbonyl (C=O) groups is 2. The molecule has 1 aliphatic heterocycles. The first-order valence-electron chi connectivity index (χ1n) is 15.1. The van der Waals surface area contributed by atoms with Gasteiger partial charge in [-0.2, -0.15) is 23.4 Å². The van der Waals surface area contributed by atoms with Gasteiger partial charge in [-0.15, -0.1) is 0 Å². The van der Waals surface area contributed by atoms with Crippen LogP contribution < -0.4 is 10.6 Å². The van der Waals surface area contributed by atoms with Gasteiger partial charge in [0.05, 0.1) is 41.3 Å². The predicted molar refractivity (Wildman–Crippen MR) is 148 cm³/mol. The molecular weight excluding hydrogens is 617 g/mol. The average molecular weight is 648 g/mol. The molecule has 2 saturated carbocycles. The SMILES string of the molecule is Cc1nonc1C(=O)N[C@H](c1cn2ncc(C[C@@]3(c4ccnn4C4CC4)C[C@@H](C(F)(F)F)NC3=O)cc2n1)C1CCC(F)(F)CC1. The molecule has 4 aromatic rings. The Morgan fingerprint density at radius 2 is 1.93 bits per heavy atom. The molecule has 4 aromatic heterocycles. The summed E-state index contributed by atoms with van der Waals surface area (Å²) in [5, 5.41) is 21.0. The van der Waals surface area contributed by atoms with Crippen LogP contribution >= 0.6 is 0 Å². The number of aryl methyl sites for hydroxylation is 1. The van der Waals surface area contributed by atoms with Gasteiger partial charge in [0, 0.05) is 19.0 Å². The Morgan fingerprint density at radius 1 is 1.17 bits per heavy atom. The maximum atomic E-state index is 14.0. The molecule has 3 aliphatic rings. The van der Waals surface area contributed by atoms with E-state index in [2.05, 4.69) is 40.8 Å². The lowest BCUT2D eigenvalue weighted by Gasteiger charge is -2.33. The van der Waals surface area contributed by atoms with Crippen molar-refractivity contribution in [1.29, 1.82) is 0 Å². The molecular formula is C29H30F5N9O3. The van der Waals surface area contributed by atoms with E-state index in [1.807, 2.05) is 0 Å². The largest absolute Gasteiger partial charge is 0.408 e. The van der Waals surface area contributed by atoms with Crippen LogP contribution in [-0.4, -0.2) is 64.6 Å². The third kappa shape index (κ3) is 5.48. The molecule has 46 heavy (non-hydrogen) atoms. The van der Waals surface area contributed by atoms with Crippen LogP contribution in [0.15, 0.2) is 35.4 Å². The van der Waals surface area contributed by atoms with Crippen molar-refractivity contribution >= 4 is 17.5 Å². The van der Waals surface area contributed by atoms with Crippen molar-refractivity contribution in [2.75, 3.05) is 0 Å². The molecule has 0 radical (unpaired) electrons. The number of hydrogen-bond donors (Lipinski definition) is 2. The number of carbonyl (C=O) groups excluding carboxylic acids is 2. The monoisotopic (exact) mass is 647 g/mol. The van der Waals surface area contributed by atoms with Crippen LogP contribution in [0.3, 0.4) is 0 Å². The van der Waals surface area contributed by atoms with Crippen LogP contribution in [0.1, 0.15) is 90.2 Å². The highest BCUT2D eigenvalue weighted by Gasteiger charge is 2.58. The Balaban J connectivity index is 1.22. The molecule has 0 aromatic carbocycles. The second kappa shape index (κ2) is 10.8. The average Bonchev–Trinajstić information content (AvgIpc) is 3.32. The summed E-state index contributed by atoms with van der Waals surface area (Å²) >= 11 is 0. The van der Waals surface area contributed by atoms with Gasteiger partial charge in [0.1, 0.15) is 11.7 Å². The zero-order valence-corrected chi connectivity index (χ0v) is 24.6. The highest BCUT2D eigenvalue weighted by molar-refractivity contribution is 5.93. The van der Waals surface area contributed by atoms with E-state index in [0.29, 0.717) is 22.6 Å². The van der Waals surface area contributed by atoms with Crippen molar-refractivity contribution in [3.05, 3.63) is 59.1 Å². The normalized spacial score (nSPS) is 24.3. The number of amides is 2. The minimum absolute atomic E-state index is 0.0266. The Bertz CT molecular complexity index is 1790. The number of hydrogen-bond acceptors (Lipinski definition) is 8. The minimum Gasteiger partial charge on any atom is -0.344 e. The maximum Gasteiger partial charge on any atom is 0.408 e. The highest BCUT2D eigenvalue weighted by Crippen LogP contribution is 2.46. The number of alkyl halides is 5. The number of halogens is 5. The second-order valence-corrected chi connectivity index (χ2v) is 12.6. The summed E-state index contributed by atoms with van der Waals surface area (Å²) in [6.45, 7) is 1.55. The lowest BCUT2D eigenvalue weighted by Crippen LogP contribution is -2.40. The van der Waals surface area contributed by atoms with Gasteiger partial charge in [-0.3, -0.25) is 14.3 Å². The second-order valence-electron chi connectivity index (χ2n) is 12.6. The van der Waals surface area contributed by atoms with Gasteiger partial charge in [-0.25, -0.2) is 22.9 Å². The first-order valence-corrected chi connectivity index (χ1v) is 15.1.